The molecule has 1 unspecified atom stereocenters. The second kappa shape index (κ2) is 9.55. The van der Waals surface area contributed by atoms with Gasteiger partial charge in [-0.3, -0.25) is 9.59 Å². The van der Waals surface area contributed by atoms with Crippen LogP contribution in [-0.2, 0) is 19.8 Å². The molecule has 0 saturated heterocycles. The summed E-state index contributed by atoms with van der Waals surface area (Å²) in [6.45, 7) is 3.69. The van der Waals surface area contributed by atoms with E-state index in [-0.39, 0.29) is 41.7 Å². The summed E-state index contributed by atoms with van der Waals surface area (Å²) in [5.41, 5.74) is -2.01. The van der Waals surface area contributed by atoms with E-state index in [4.69, 9.17) is 11.6 Å². The first-order chi connectivity index (χ1) is 11.9. The minimum absolute atomic E-state index is 0. The Bertz CT molecular complexity index is 774. The Balaban J connectivity index is 0.00000338. The fraction of sp³-hybridized carbons (Fsp3) is 0.389. The number of benzene rings is 1. The van der Waals surface area contributed by atoms with Crippen molar-refractivity contribution >= 4 is 40.6 Å². The number of carbonyl (C=O) groups excluding carboxylic acids is 3. The average molecular weight is 385 g/mol. The quantitative estimate of drug-likeness (QED) is 0.439. The number of Topliss-reactive ketones (excluding diaryl/α,β-unsaturated/α-hetero) is 2. The number of rotatable bonds is 7. The molecule has 1 aliphatic heterocycles. The van der Waals surface area contributed by atoms with Crippen molar-refractivity contribution in [1.29, 1.82) is 0 Å². The Labute approximate surface area is 179 Å². The summed E-state index contributed by atoms with van der Waals surface area (Å²) in [5, 5.41) is 19.2. The van der Waals surface area contributed by atoms with Gasteiger partial charge in [0.05, 0.1) is 11.7 Å². The van der Waals surface area contributed by atoms with E-state index < -0.39 is 28.7 Å². The van der Waals surface area contributed by atoms with Gasteiger partial charge < -0.3 is 9.90 Å². The number of carboxylic acids is 1. The smallest absolute Gasteiger partial charge is 0.543 e. The Hall–Kier alpha value is -1.34. The van der Waals surface area contributed by atoms with Crippen molar-refractivity contribution in [3.8, 4) is 0 Å². The molecule has 132 valence electrons. The summed E-state index contributed by atoms with van der Waals surface area (Å²) in [7, 11) is 0. The van der Waals surface area contributed by atoms with Crippen molar-refractivity contribution in [1.82, 2.24) is 0 Å². The number of aliphatic carboxylic acids is 1. The van der Waals surface area contributed by atoms with Crippen molar-refractivity contribution in [2.45, 2.75) is 44.9 Å². The van der Waals surface area contributed by atoms with Gasteiger partial charge >= 0.3 is 29.6 Å². The Morgan fingerprint density at radius 1 is 1.12 bits per heavy atom. The van der Waals surface area contributed by atoms with E-state index >= 15 is 0 Å². The van der Waals surface area contributed by atoms with Crippen LogP contribution < -0.4 is 34.7 Å². The van der Waals surface area contributed by atoms with Crippen molar-refractivity contribution in [2.75, 3.05) is 0 Å². The normalized spacial score (nSPS) is 19.3. The maximum atomic E-state index is 13.1. The van der Waals surface area contributed by atoms with E-state index in [1.54, 1.807) is 24.3 Å². The van der Waals surface area contributed by atoms with Gasteiger partial charge in [0, 0.05) is 11.4 Å². The topological polar surface area (TPSA) is 99.0 Å². The number of carbonyl (C=O) groups is 3. The number of hydrogen-bond acceptors (Lipinski definition) is 6. The summed E-state index contributed by atoms with van der Waals surface area (Å²) < 4.78 is 0. The number of nitrogens with zero attached hydrogens (tertiary/aromatic N) is 2. The zero-order valence-electron chi connectivity index (χ0n) is 15.0. The van der Waals surface area contributed by atoms with Crippen molar-refractivity contribution < 1.29 is 49.0 Å². The molecule has 0 fully saturated rings. The molecular weight excluding hydrogens is 367 g/mol. The van der Waals surface area contributed by atoms with E-state index in [1.165, 1.54) is 0 Å². The predicted molar refractivity (Wildman–Crippen MR) is 92.8 cm³/mol. The molecule has 0 saturated carbocycles. The molecule has 26 heavy (non-hydrogen) atoms. The first-order valence-electron chi connectivity index (χ1n) is 8.10. The van der Waals surface area contributed by atoms with Gasteiger partial charge in [-0.1, -0.05) is 44.0 Å². The molecule has 1 heterocycles. The Morgan fingerprint density at radius 2 is 1.73 bits per heavy atom. The van der Waals surface area contributed by atoms with E-state index in [0.717, 1.165) is 0 Å². The molecule has 2 rings (SSSR count). The van der Waals surface area contributed by atoms with E-state index in [1.807, 2.05) is 13.8 Å². The molecule has 0 aromatic heterocycles. The third-order valence-corrected chi connectivity index (χ3v) is 4.36. The van der Waals surface area contributed by atoms with Crippen LogP contribution in [0.4, 0.5) is 0 Å². The molecule has 0 N–H and O–H groups in total. The fourth-order valence-corrected chi connectivity index (χ4v) is 3.13. The van der Waals surface area contributed by atoms with Crippen LogP contribution in [0.5, 0.6) is 0 Å². The van der Waals surface area contributed by atoms with Gasteiger partial charge in [-0.2, -0.15) is 5.10 Å². The zero-order valence-corrected chi connectivity index (χ0v) is 17.8. The number of ketones is 2. The SMILES string of the molecule is CCCC(=O)C1(c2ccc(Cl)cc2)C(=O)C(C(=O)[O-])=NN=C1CCC.[Na+]. The maximum Gasteiger partial charge on any atom is 1.00 e. The molecule has 0 bridgehead atoms. The largest absolute Gasteiger partial charge is 1.00 e. The third-order valence-electron chi connectivity index (χ3n) is 4.11. The molecule has 8 heteroatoms. The minimum Gasteiger partial charge on any atom is -0.543 e. The van der Waals surface area contributed by atoms with Crippen LogP contribution in [0, 0.1) is 0 Å². The predicted octanol–water partition coefficient (Wildman–Crippen LogP) is -1.12. The van der Waals surface area contributed by atoms with Crippen LogP contribution in [0.3, 0.4) is 0 Å². The van der Waals surface area contributed by atoms with Gasteiger partial charge in [-0.15, -0.1) is 5.10 Å². The Morgan fingerprint density at radius 3 is 2.23 bits per heavy atom. The van der Waals surface area contributed by atoms with Gasteiger partial charge in [0.2, 0.25) is 5.78 Å². The Kier molecular flexibility index (Phi) is 8.34. The molecular formula is C18H18ClN2NaO4. The fourth-order valence-electron chi connectivity index (χ4n) is 3.01. The van der Waals surface area contributed by atoms with Crippen LogP contribution >= 0.6 is 11.6 Å². The van der Waals surface area contributed by atoms with Gasteiger partial charge in [0.25, 0.3) is 0 Å². The second-order valence-electron chi connectivity index (χ2n) is 5.79. The molecule has 0 amide bonds. The average Bonchev–Trinajstić information content (AvgIpc) is 2.56. The maximum absolute atomic E-state index is 13.1. The zero-order chi connectivity index (χ0) is 18.6. The van der Waals surface area contributed by atoms with Gasteiger partial charge in [0.15, 0.2) is 16.9 Å². The first kappa shape index (κ1) is 22.7. The molecule has 1 aromatic rings. The van der Waals surface area contributed by atoms with Crippen LogP contribution in [0.1, 0.15) is 45.1 Å². The van der Waals surface area contributed by atoms with E-state index in [0.29, 0.717) is 29.8 Å². The van der Waals surface area contributed by atoms with Crippen molar-refractivity contribution in [3.63, 3.8) is 0 Å². The number of hydrogen-bond donors (Lipinski definition) is 0. The number of halogens is 1. The van der Waals surface area contributed by atoms with Crippen LogP contribution in [0.25, 0.3) is 0 Å². The van der Waals surface area contributed by atoms with E-state index in [9.17, 15) is 19.5 Å². The van der Waals surface area contributed by atoms with Crippen molar-refractivity contribution in [3.05, 3.63) is 34.9 Å². The molecule has 0 aliphatic carbocycles. The summed E-state index contributed by atoms with van der Waals surface area (Å²) in [4.78, 5) is 37.5. The van der Waals surface area contributed by atoms with Gasteiger partial charge in [0.1, 0.15) is 0 Å². The monoisotopic (exact) mass is 384 g/mol. The molecule has 1 aliphatic rings. The molecule has 6 nitrogen and oxygen atoms in total. The minimum atomic E-state index is -1.78. The summed E-state index contributed by atoms with van der Waals surface area (Å²) >= 11 is 5.92. The van der Waals surface area contributed by atoms with Crippen LogP contribution in [-0.4, -0.2) is 29.0 Å². The number of carboxylic acid groups (broad SMARTS) is 1. The van der Waals surface area contributed by atoms with Gasteiger partial charge in [-0.05, 0) is 30.5 Å². The molecule has 1 aromatic carbocycles. The first-order valence-corrected chi connectivity index (χ1v) is 8.47. The van der Waals surface area contributed by atoms with Gasteiger partial charge in [-0.25, -0.2) is 0 Å². The third kappa shape index (κ3) is 3.98. The molecule has 0 radical (unpaired) electrons. The molecule has 0 spiro atoms. The second-order valence-corrected chi connectivity index (χ2v) is 6.23. The van der Waals surface area contributed by atoms with Crippen molar-refractivity contribution in [2.24, 2.45) is 10.2 Å². The van der Waals surface area contributed by atoms with Crippen LogP contribution in [0.15, 0.2) is 34.5 Å². The van der Waals surface area contributed by atoms with E-state index in [2.05, 4.69) is 10.2 Å². The summed E-state index contributed by atoms with van der Waals surface area (Å²) in [6.07, 6.45) is 1.58. The summed E-state index contributed by atoms with van der Waals surface area (Å²) in [5.74, 6) is -3.04. The van der Waals surface area contributed by atoms with Crippen LogP contribution in [0.2, 0.25) is 5.02 Å². The summed E-state index contributed by atoms with van der Waals surface area (Å²) in [6, 6.07) is 6.21. The standard InChI is InChI=1S/C18H19ClN2O4.Na/c1-3-5-13-18(14(22)6-4-2,11-7-9-12(19)10-8-11)16(23)15(17(24)25)21-20-13;/h7-10H,3-6H2,1-2H3,(H,24,25);/q;+1/p-1. The molecule has 1 atom stereocenters.